The van der Waals surface area contributed by atoms with Crippen LogP contribution >= 0.6 is 0 Å². The Balaban J connectivity index is 1.64. The third-order valence-electron chi connectivity index (χ3n) is 4.43. The van der Waals surface area contributed by atoms with Crippen molar-refractivity contribution in [3.8, 4) is 0 Å². The van der Waals surface area contributed by atoms with Gasteiger partial charge in [0.25, 0.3) is 11.8 Å². The molecule has 0 aromatic heterocycles. The summed E-state index contributed by atoms with van der Waals surface area (Å²) < 4.78 is 0. The molecule has 3 aromatic rings. The zero-order valence-electron chi connectivity index (χ0n) is 13.7. The highest BCUT2D eigenvalue weighted by molar-refractivity contribution is 6.34. The van der Waals surface area contributed by atoms with Crippen LogP contribution in [-0.4, -0.2) is 18.9 Å². The first-order valence-corrected chi connectivity index (χ1v) is 8.03. The molecule has 0 saturated carbocycles. The molecule has 4 heteroatoms. The number of amides is 2. The molecule has 25 heavy (non-hydrogen) atoms. The molecule has 122 valence electrons. The molecule has 3 aromatic carbocycles. The Morgan fingerprint density at radius 3 is 1.68 bits per heavy atom. The number of hydrogen-bond donors (Lipinski definition) is 0. The number of fused-ring (bicyclic) bond motifs is 1. The average molecular weight is 328 g/mol. The Hall–Kier alpha value is -3.40. The Bertz CT molecular complexity index is 914. The number of carbonyl (C=O) groups excluding carboxylic acids is 2. The largest absolute Gasteiger partial charge is 0.345 e. The molecule has 0 atom stereocenters. The van der Waals surface area contributed by atoms with Gasteiger partial charge in [0.05, 0.1) is 16.8 Å². The van der Waals surface area contributed by atoms with Gasteiger partial charge in [0, 0.05) is 18.4 Å². The molecule has 1 aliphatic heterocycles. The Kier molecular flexibility index (Phi) is 3.58. The van der Waals surface area contributed by atoms with Crippen molar-refractivity contribution in [3.63, 3.8) is 0 Å². The molecule has 0 radical (unpaired) electrons. The first-order chi connectivity index (χ1) is 12.2. The molecular weight excluding hydrogens is 312 g/mol. The van der Waals surface area contributed by atoms with E-state index in [0.717, 1.165) is 11.4 Å². The highest BCUT2D eigenvalue weighted by Gasteiger charge is 2.36. The molecule has 4 rings (SSSR count). The van der Waals surface area contributed by atoms with Crippen molar-refractivity contribution in [2.45, 2.75) is 0 Å². The van der Waals surface area contributed by atoms with Crippen LogP contribution in [0.4, 0.5) is 17.1 Å². The van der Waals surface area contributed by atoms with Crippen LogP contribution < -0.4 is 9.80 Å². The molecule has 0 spiro atoms. The van der Waals surface area contributed by atoms with Crippen molar-refractivity contribution < 1.29 is 9.59 Å². The van der Waals surface area contributed by atoms with Crippen LogP contribution in [0.2, 0.25) is 0 Å². The second-order valence-electron chi connectivity index (χ2n) is 5.90. The van der Waals surface area contributed by atoms with Gasteiger partial charge in [-0.2, -0.15) is 0 Å². The van der Waals surface area contributed by atoms with Gasteiger partial charge >= 0.3 is 0 Å². The summed E-state index contributed by atoms with van der Waals surface area (Å²) in [6, 6.07) is 24.3. The van der Waals surface area contributed by atoms with Crippen molar-refractivity contribution in [1.82, 2.24) is 0 Å². The Morgan fingerprint density at radius 2 is 1.12 bits per heavy atom. The maximum atomic E-state index is 12.5. The zero-order chi connectivity index (χ0) is 17.4. The molecule has 1 heterocycles. The van der Waals surface area contributed by atoms with Crippen LogP contribution in [0.3, 0.4) is 0 Å². The van der Waals surface area contributed by atoms with Crippen LogP contribution in [0.1, 0.15) is 20.7 Å². The van der Waals surface area contributed by atoms with Crippen molar-refractivity contribution in [2.24, 2.45) is 0 Å². The number of rotatable bonds is 3. The van der Waals surface area contributed by atoms with Crippen molar-refractivity contribution in [2.75, 3.05) is 16.8 Å². The third-order valence-corrected chi connectivity index (χ3v) is 4.43. The third kappa shape index (κ3) is 2.48. The second kappa shape index (κ2) is 5.91. The summed E-state index contributed by atoms with van der Waals surface area (Å²) in [5.74, 6) is -0.547. The topological polar surface area (TPSA) is 40.6 Å². The van der Waals surface area contributed by atoms with E-state index in [1.54, 1.807) is 36.4 Å². The lowest BCUT2D eigenvalue weighted by Gasteiger charge is -2.21. The highest BCUT2D eigenvalue weighted by atomic mass is 16.2. The van der Waals surface area contributed by atoms with E-state index in [1.807, 2.05) is 54.4 Å². The minimum atomic E-state index is -0.273. The van der Waals surface area contributed by atoms with Gasteiger partial charge in [0.15, 0.2) is 0 Å². The van der Waals surface area contributed by atoms with Gasteiger partial charge < -0.3 is 4.90 Å². The number of nitrogens with zero attached hydrogens (tertiary/aromatic N) is 2. The summed E-state index contributed by atoms with van der Waals surface area (Å²) >= 11 is 0. The van der Waals surface area contributed by atoms with E-state index in [2.05, 4.69) is 0 Å². The summed E-state index contributed by atoms with van der Waals surface area (Å²) in [4.78, 5) is 28.4. The maximum Gasteiger partial charge on any atom is 0.266 e. The molecule has 2 amide bonds. The normalized spacial score (nSPS) is 13.1. The van der Waals surface area contributed by atoms with Gasteiger partial charge in [-0.3, -0.25) is 9.59 Å². The minimum absolute atomic E-state index is 0.273. The monoisotopic (exact) mass is 328 g/mol. The molecular formula is C21H16N2O2. The summed E-state index contributed by atoms with van der Waals surface area (Å²) in [5.41, 5.74) is 3.54. The first-order valence-electron chi connectivity index (χ1n) is 8.03. The van der Waals surface area contributed by atoms with Gasteiger partial charge in [-0.05, 0) is 48.5 Å². The molecule has 0 fully saturated rings. The van der Waals surface area contributed by atoms with Crippen LogP contribution in [-0.2, 0) is 0 Å². The Morgan fingerprint density at radius 1 is 0.640 bits per heavy atom. The van der Waals surface area contributed by atoms with Crippen LogP contribution in [0.5, 0.6) is 0 Å². The van der Waals surface area contributed by atoms with Crippen molar-refractivity contribution >= 4 is 28.9 Å². The van der Waals surface area contributed by atoms with Gasteiger partial charge in [0.1, 0.15) is 0 Å². The maximum absolute atomic E-state index is 12.5. The first kappa shape index (κ1) is 15.1. The number of benzene rings is 3. The lowest BCUT2D eigenvalue weighted by atomic mass is 10.1. The van der Waals surface area contributed by atoms with Crippen molar-refractivity contribution in [3.05, 3.63) is 90.0 Å². The van der Waals surface area contributed by atoms with E-state index in [-0.39, 0.29) is 11.8 Å². The molecule has 0 saturated heterocycles. The number of anilines is 3. The number of hydrogen-bond acceptors (Lipinski definition) is 3. The summed E-state index contributed by atoms with van der Waals surface area (Å²) in [6.07, 6.45) is 0. The van der Waals surface area contributed by atoms with E-state index in [0.29, 0.717) is 16.8 Å². The highest BCUT2D eigenvalue weighted by Crippen LogP contribution is 2.30. The second-order valence-corrected chi connectivity index (χ2v) is 5.90. The van der Waals surface area contributed by atoms with Crippen LogP contribution in [0.25, 0.3) is 0 Å². The van der Waals surface area contributed by atoms with E-state index in [1.165, 1.54) is 4.90 Å². The summed E-state index contributed by atoms with van der Waals surface area (Å²) in [7, 11) is 1.98. The molecule has 0 bridgehead atoms. The zero-order valence-corrected chi connectivity index (χ0v) is 13.7. The smallest absolute Gasteiger partial charge is 0.266 e. The van der Waals surface area contributed by atoms with Crippen molar-refractivity contribution in [1.29, 1.82) is 0 Å². The van der Waals surface area contributed by atoms with E-state index in [9.17, 15) is 9.59 Å². The van der Waals surface area contributed by atoms with E-state index >= 15 is 0 Å². The lowest BCUT2D eigenvalue weighted by molar-refractivity contribution is 0.0926. The van der Waals surface area contributed by atoms with E-state index in [4.69, 9.17) is 0 Å². The van der Waals surface area contributed by atoms with Gasteiger partial charge in [-0.1, -0.05) is 30.3 Å². The predicted molar refractivity (Wildman–Crippen MR) is 98.5 cm³/mol. The van der Waals surface area contributed by atoms with E-state index < -0.39 is 0 Å². The molecule has 0 N–H and O–H groups in total. The van der Waals surface area contributed by atoms with Gasteiger partial charge in [-0.15, -0.1) is 0 Å². The summed E-state index contributed by atoms with van der Waals surface area (Å²) in [6.45, 7) is 0. The molecule has 0 aliphatic carbocycles. The fraction of sp³-hybridized carbons (Fsp3) is 0.0476. The van der Waals surface area contributed by atoms with Gasteiger partial charge in [-0.25, -0.2) is 4.90 Å². The van der Waals surface area contributed by atoms with Crippen LogP contribution in [0.15, 0.2) is 78.9 Å². The van der Waals surface area contributed by atoms with Gasteiger partial charge in [0.2, 0.25) is 0 Å². The minimum Gasteiger partial charge on any atom is -0.345 e. The quantitative estimate of drug-likeness (QED) is 0.675. The predicted octanol–water partition coefficient (Wildman–Crippen LogP) is 4.26. The van der Waals surface area contributed by atoms with Crippen LogP contribution in [0, 0.1) is 0 Å². The molecule has 1 aliphatic rings. The number of carbonyl (C=O) groups is 2. The molecule has 4 nitrogen and oxygen atoms in total. The Labute approximate surface area is 145 Å². The average Bonchev–Trinajstić information content (AvgIpc) is 2.93. The summed E-state index contributed by atoms with van der Waals surface area (Å²) in [5, 5.41) is 0. The number of para-hydroxylation sites is 1. The number of imide groups is 1. The molecule has 0 unspecified atom stereocenters. The fourth-order valence-corrected chi connectivity index (χ4v) is 3.05. The SMILES string of the molecule is CN(c1ccccc1)c1ccc(N2C(=O)c3ccccc3C2=O)cc1. The lowest BCUT2D eigenvalue weighted by Crippen LogP contribution is -2.29. The standard InChI is InChI=1S/C21H16N2O2/c1-22(15-7-3-2-4-8-15)16-11-13-17(14-12-16)23-20(24)18-9-5-6-10-19(18)21(23)25/h2-14H,1H3. The fourth-order valence-electron chi connectivity index (χ4n) is 3.05.